The molecule has 0 aliphatic carbocycles. The number of carbonyl (C=O) groups is 1. The summed E-state index contributed by atoms with van der Waals surface area (Å²) in [6.07, 6.45) is 3.30. The molecule has 0 aliphatic rings. The summed E-state index contributed by atoms with van der Waals surface area (Å²) >= 11 is 5.87. The van der Waals surface area contributed by atoms with Gasteiger partial charge in [0.2, 0.25) is 0 Å². The Kier molecular flexibility index (Phi) is 4.60. The number of carbonyl (C=O) groups excluding carboxylic acids is 1. The van der Waals surface area contributed by atoms with Crippen LogP contribution in [-0.4, -0.2) is 5.91 Å². The van der Waals surface area contributed by atoms with Crippen LogP contribution in [0.5, 0.6) is 0 Å². The average molecular weight is 324 g/mol. The standard InChI is InChI=1S/C19H14ClNO2/c20-15-8-10-16(11-9-15)21-19(22)18(13-17-7-4-12-23-17)14-5-2-1-3-6-14/h1-13H,(H,21,22). The molecule has 3 aromatic rings. The quantitative estimate of drug-likeness (QED) is 0.678. The number of anilines is 1. The third kappa shape index (κ3) is 3.90. The van der Waals surface area contributed by atoms with Crippen molar-refractivity contribution in [3.05, 3.63) is 89.3 Å². The van der Waals surface area contributed by atoms with Gasteiger partial charge in [-0.25, -0.2) is 0 Å². The molecule has 0 atom stereocenters. The lowest BCUT2D eigenvalue weighted by Crippen LogP contribution is -2.13. The van der Waals surface area contributed by atoms with Crippen molar-refractivity contribution in [3.63, 3.8) is 0 Å². The van der Waals surface area contributed by atoms with Crippen LogP contribution in [0.15, 0.2) is 77.4 Å². The fourth-order valence-corrected chi connectivity index (χ4v) is 2.27. The minimum Gasteiger partial charge on any atom is -0.465 e. The highest BCUT2D eigenvalue weighted by atomic mass is 35.5. The largest absolute Gasteiger partial charge is 0.465 e. The molecule has 1 heterocycles. The van der Waals surface area contributed by atoms with Gasteiger partial charge in [-0.05, 0) is 48.0 Å². The summed E-state index contributed by atoms with van der Waals surface area (Å²) in [5.74, 6) is 0.407. The molecule has 1 N–H and O–H groups in total. The molecule has 23 heavy (non-hydrogen) atoms. The van der Waals surface area contributed by atoms with Crippen LogP contribution in [-0.2, 0) is 4.79 Å². The summed E-state index contributed by atoms with van der Waals surface area (Å²) in [6, 6.07) is 20.0. The van der Waals surface area contributed by atoms with E-state index >= 15 is 0 Å². The van der Waals surface area contributed by atoms with Crippen LogP contribution in [0.2, 0.25) is 5.02 Å². The molecule has 2 aromatic carbocycles. The van der Waals surface area contributed by atoms with Crippen molar-refractivity contribution in [2.75, 3.05) is 5.32 Å². The maximum Gasteiger partial charge on any atom is 0.256 e. The summed E-state index contributed by atoms with van der Waals surface area (Å²) in [7, 11) is 0. The van der Waals surface area contributed by atoms with Gasteiger partial charge in [0.1, 0.15) is 5.76 Å². The second-order valence-electron chi connectivity index (χ2n) is 4.90. The van der Waals surface area contributed by atoms with E-state index in [1.807, 2.05) is 30.3 Å². The maximum absolute atomic E-state index is 12.7. The molecule has 4 heteroatoms. The molecular weight excluding hydrogens is 310 g/mol. The zero-order valence-corrected chi connectivity index (χ0v) is 13.0. The van der Waals surface area contributed by atoms with Gasteiger partial charge in [-0.15, -0.1) is 0 Å². The first-order valence-electron chi connectivity index (χ1n) is 7.10. The lowest BCUT2D eigenvalue weighted by molar-refractivity contribution is -0.111. The van der Waals surface area contributed by atoms with Crippen LogP contribution in [0.3, 0.4) is 0 Å². The molecule has 0 aliphatic heterocycles. The Morgan fingerprint density at radius 2 is 1.70 bits per heavy atom. The Morgan fingerprint density at radius 3 is 2.35 bits per heavy atom. The van der Waals surface area contributed by atoms with Crippen LogP contribution < -0.4 is 5.32 Å². The summed E-state index contributed by atoms with van der Waals surface area (Å²) < 4.78 is 5.33. The summed E-state index contributed by atoms with van der Waals surface area (Å²) in [5.41, 5.74) is 2.02. The Hall–Kier alpha value is -2.78. The van der Waals surface area contributed by atoms with E-state index in [1.54, 1.807) is 48.7 Å². The highest BCUT2D eigenvalue weighted by molar-refractivity contribution is 6.31. The van der Waals surface area contributed by atoms with Crippen LogP contribution in [0.1, 0.15) is 11.3 Å². The number of nitrogens with one attached hydrogen (secondary N) is 1. The first-order valence-corrected chi connectivity index (χ1v) is 7.48. The third-order valence-electron chi connectivity index (χ3n) is 3.26. The first-order chi connectivity index (χ1) is 11.2. The van der Waals surface area contributed by atoms with E-state index in [9.17, 15) is 4.79 Å². The molecule has 3 nitrogen and oxygen atoms in total. The minimum absolute atomic E-state index is 0.213. The molecule has 0 fully saturated rings. The zero-order valence-electron chi connectivity index (χ0n) is 12.2. The number of hydrogen-bond acceptors (Lipinski definition) is 2. The van der Waals surface area contributed by atoms with Gasteiger partial charge in [-0.2, -0.15) is 0 Å². The SMILES string of the molecule is O=C(Nc1ccc(Cl)cc1)C(=Cc1ccco1)c1ccccc1. The predicted octanol–water partition coefficient (Wildman–Crippen LogP) is 5.11. The Labute approximate surface area is 139 Å². The number of benzene rings is 2. The summed E-state index contributed by atoms with van der Waals surface area (Å²) in [6.45, 7) is 0. The van der Waals surface area contributed by atoms with E-state index in [-0.39, 0.29) is 5.91 Å². The second kappa shape index (κ2) is 6.99. The Morgan fingerprint density at radius 1 is 0.957 bits per heavy atom. The van der Waals surface area contributed by atoms with Crippen LogP contribution in [0, 0.1) is 0 Å². The second-order valence-corrected chi connectivity index (χ2v) is 5.34. The lowest BCUT2D eigenvalue weighted by Gasteiger charge is -2.09. The van der Waals surface area contributed by atoms with E-state index in [0.29, 0.717) is 22.0 Å². The van der Waals surface area contributed by atoms with Gasteiger partial charge in [-0.1, -0.05) is 41.9 Å². The highest BCUT2D eigenvalue weighted by Gasteiger charge is 2.13. The van der Waals surface area contributed by atoms with E-state index < -0.39 is 0 Å². The Balaban J connectivity index is 1.92. The molecule has 0 saturated heterocycles. The van der Waals surface area contributed by atoms with Gasteiger partial charge in [0, 0.05) is 10.7 Å². The monoisotopic (exact) mass is 323 g/mol. The van der Waals surface area contributed by atoms with Gasteiger partial charge in [-0.3, -0.25) is 4.79 Å². The number of rotatable bonds is 4. The molecule has 1 amide bonds. The number of furan rings is 1. The molecule has 114 valence electrons. The van der Waals surface area contributed by atoms with Crippen LogP contribution >= 0.6 is 11.6 Å². The van der Waals surface area contributed by atoms with Crippen LogP contribution in [0.4, 0.5) is 5.69 Å². The lowest BCUT2D eigenvalue weighted by atomic mass is 10.0. The zero-order chi connectivity index (χ0) is 16.1. The molecule has 1 aromatic heterocycles. The van der Waals surface area contributed by atoms with Crippen molar-refractivity contribution in [1.82, 2.24) is 0 Å². The molecular formula is C19H14ClNO2. The molecule has 3 rings (SSSR count). The van der Waals surface area contributed by atoms with Crippen LogP contribution in [0.25, 0.3) is 11.6 Å². The molecule has 0 unspecified atom stereocenters. The van der Waals surface area contributed by atoms with Gasteiger partial charge >= 0.3 is 0 Å². The number of hydrogen-bond donors (Lipinski definition) is 1. The maximum atomic E-state index is 12.7. The van der Waals surface area contributed by atoms with Gasteiger partial charge in [0.15, 0.2) is 0 Å². The van der Waals surface area contributed by atoms with Crippen molar-refractivity contribution in [3.8, 4) is 0 Å². The summed E-state index contributed by atoms with van der Waals surface area (Å²) in [4.78, 5) is 12.7. The third-order valence-corrected chi connectivity index (χ3v) is 3.51. The average Bonchev–Trinajstić information content (AvgIpc) is 3.09. The topological polar surface area (TPSA) is 42.2 Å². The molecule has 0 radical (unpaired) electrons. The van der Waals surface area contributed by atoms with E-state index in [0.717, 1.165) is 5.56 Å². The van der Waals surface area contributed by atoms with Gasteiger partial charge in [0.05, 0.1) is 11.8 Å². The van der Waals surface area contributed by atoms with Crippen molar-refractivity contribution in [2.24, 2.45) is 0 Å². The normalized spacial score (nSPS) is 11.3. The molecule has 0 spiro atoms. The first kappa shape index (κ1) is 15.1. The number of amides is 1. The molecule has 0 bridgehead atoms. The van der Waals surface area contributed by atoms with E-state index in [4.69, 9.17) is 16.0 Å². The van der Waals surface area contributed by atoms with E-state index in [2.05, 4.69) is 5.32 Å². The van der Waals surface area contributed by atoms with Crippen molar-refractivity contribution < 1.29 is 9.21 Å². The van der Waals surface area contributed by atoms with Crippen molar-refractivity contribution in [2.45, 2.75) is 0 Å². The molecule has 0 saturated carbocycles. The van der Waals surface area contributed by atoms with Crippen molar-refractivity contribution in [1.29, 1.82) is 0 Å². The highest BCUT2D eigenvalue weighted by Crippen LogP contribution is 2.21. The van der Waals surface area contributed by atoms with E-state index in [1.165, 1.54) is 0 Å². The predicted molar refractivity (Wildman–Crippen MR) is 93.1 cm³/mol. The summed E-state index contributed by atoms with van der Waals surface area (Å²) in [5, 5.41) is 3.50. The van der Waals surface area contributed by atoms with Crippen molar-refractivity contribution >= 4 is 34.8 Å². The minimum atomic E-state index is -0.213. The smallest absolute Gasteiger partial charge is 0.256 e. The Bertz CT molecular complexity index is 806. The number of halogens is 1. The van der Waals surface area contributed by atoms with Gasteiger partial charge in [0.25, 0.3) is 5.91 Å². The fourth-order valence-electron chi connectivity index (χ4n) is 2.14. The van der Waals surface area contributed by atoms with Gasteiger partial charge < -0.3 is 9.73 Å². The fraction of sp³-hybridized carbons (Fsp3) is 0.